The van der Waals surface area contributed by atoms with Gasteiger partial charge in [0.1, 0.15) is 0 Å². The summed E-state index contributed by atoms with van der Waals surface area (Å²) in [6, 6.07) is 5.29. The van der Waals surface area contributed by atoms with Gasteiger partial charge in [-0.3, -0.25) is 9.59 Å². The van der Waals surface area contributed by atoms with Gasteiger partial charge in [0.2, 0.25) is 0 Å². The van der Waals surface area contributed by atoms with Crippen molar-refractivity contribution in [2.24, 2.45) is 0 Å². The summed E-state index contributed by atoms with van der Waals surface area (Å²) in [7, 11) is 1.53. The van der Waals surface area contributed by atoms with Gasteiger partial charge < -0.3 is 14.8 Å². The highest BCUT2D eigenvalue weighted by atomic mass is 32.1. The summed E-state index contributed by atoms with van der Waals surface area (Å²) in [5, 5.41) is 3.62. The third-order valence-electron chi connectivity index (χ3n) is 4.01. The third kappa shape index (κ3) is 6.15. The number of aromatic nitrogens is 1. The number of nitrogens with one attached hydrogen (secondary N) is 1. The third-order valence-corrected chi connectivity index (χ3v) is 5.61. The summed E-state index contributed by atoms with van der Waals surface area (Å²) < 4.78 is 10.9. The number of amides is 1. The molecule has 0 atom stereocenters. The Balaban J connectivity index is 2.13. The quantitative estimate of drug-likeness (QED) is 0.516. The number of methoxy groups -OCH3 is 1. The molecule has 0 aliphatic carbocycles. The number of ketones is 1. The van der Waals surface area contributed by atoms with Crippen molar-refractivity contribution in [3.8, 4) is 11.5 Å². The van der Waals surface area contributed by atoms with E-state index in [4.69, 9.17) is 9.47 Å². The first-order chi connectivity index (χ1) is 13.7. The number of rotatable bonds is 8. The number of thiazole rings is 1. The molecule has 156 valence electrons. The lowest BCUT2D eigenvalue weighted by Crippen LogP contribution is -2.28. The lowest BCUT2D eigenvalue weighted by Gasteiger charge is -2.13. The van der Waals surface area contributed by atoms with Gasteiger partial charge in [-0.25, -0.2) is 4.98 Å². The van der Waals surface area contributed by atoms with E-state index in [9.17, 15) is 9.59 Å². The summed E-state index contributed by atoms with van der Waals surface area (Å²) in [5.41, 5.74) is 1.45. The maximum atomic E-state index is 12.6. The Bertz CT molecular complexity index is 910. The summed E-state index contributed by atoms with van der Waals surface area (Å²) in [6.45, 7) is 10.4. The summed E-state index contributed by atoms with van der Waals surface area (Å²) in [6.07, 6.45) is 3.27. The first-order valence-electron chi connectivity index (χ1n) is 9.43. The van der Waals surface area contributed by atoms with E-state index in [2.05, 4.69) is 31.1 Å². The predicted octanol–water partition coefficient (Wildman–Crippen LogP) is 4.17. The van der Waals surface area contributed by atoms with E-state index in [-0.39, 0.29) is 23.7 Å². The monoisotopic (exact) mass is 416 g/mol. The molecule has 2 aromatic rings. The first kappa shape index (κ1) is 22.6. The zero-order valence-corrected chi connectivity index (χ0v) is 18.6. The van der Waals surface area contributed by atoms with Gasteiger partial charge in [0.15, 0.2) is 23.9 Å². The number of likely N-dealkylation sites (N-methyl/N-ethyl adjacent to an activating group) is 1. The summed E-state index contributed by atoms with van der Waals surface area (Å²) in [5.74, 6) is 0.688. The average molecular weight is 417 g/mol. The van der Waals surface area contributed by atoms with Crippen molar-refractivity contribution in [3.05, 3.63) is 45.4 Å². The van der Waals surface area contributed by atoms with Crippen LogP contribution in [0.2, 0.25) is 0 Å². The lowest BCUT2D eigenvalue weighted by molar-refractivity contribution is -0.123. The zero-order valence-electron chi connectivity index (χ0n) is 17.8. The fourth-order valence-electron chi connectivity index (χ4n) is 2.49. The number of aryl methyl sites for hydroxylation is 1. The van der Waals surface area contributed by atoms with Crippen LogP contribution in [0.3, 0.4) is 0 Å². The van der Waals surface area contributed by atoms with E-state index in [1.165, 1.54) is 24.5 Å². The molecule has 1 aromatic carbocycles. The Morgan fingerprint density at radius 3 is 2.55 bits per heavy atom. The lowest BCUT2D eigenvalue weighted by atomic mass is 9.98. The number of nitrogens with zero attached hydrogens (tertiary/aromatic N) is 1. The second-order valence-corrected chi connectivity index (χ2v) is 8.53. The molecule has 29 heavy (non-hydrogen) atoms. The van der Waals surface area contributed by atoms with Gasteiger partial charge in [-0.1, -0.05) is 32.9 Å². The van der Waals surface area contributed by atoms with Crippen LogP contribution in [0.1, 0.15) is 53.6 Å². The van der Waals surface area contributed by atoms with Crippen LogP contribution in [0.15, 0.2) is 24.3 Å². The molecule has 0 bridgehead atoms. The van der Waals surface area contributed by atoms with Crippen LogP contribution in [0, 0.1) is 6.92 Å². The number of allylic oxidation sites excluding steroid dienone is 1. The molecular formula is C22H28N2O4S. The van der Waals surface area contributed by atoms with Crippen molar-refractivity contribution < 1.29 is 19.1 Å². The molecule has 1 aromatic heterocycles. The number of hydrogen-bond donors (Lipinski definition) is 1. The highest BCUT2D eigenvalue weighted by molar-refractivity contribution is 7.14. The second kappa shape index (κ2) is 9.69. The van der Waals surface area contributed by atoms with E-state index in [1.54, 1.807) is 24.3 Å². The van der Waals surface area contributed by atoms with Crippen molar-refractivity contribution >= 4 is 29.1 Å². The molecule has 7 heteroatoms. The number of carbonyl (C=O) groups is 2. The molecular weight excluding hydrogens is 388 g/mol. The van der Waals surface area contributed by atoms with E-state index < -0.39 is 0 Å². The second-order valence-electron chi connectivity index (χ2n) is 7.53. The Hall–Kier alpha value is -2.67. The predicted molar refractivity (Wildman–Crippen MR) is 116 cm³/mol. The van der Waals surface area contributed by atoms with Crippen LogP contribution < -0.4 is 14.8 Å². The van der Waals surface area contributed by atoms with E-state index >= 15 is 0 Å². The van der Waals surface area contributed by atoms with Gasteiger partial charge in [-0.15, -0.1) is 11.3 Å². The molecule has 0 unspecified atom stereocenters. The standard InChI is InChI=1S/C22H28N2O4S/c1-7-23-19(26)13-28-17-11-9-15(12-18(17)27-6)8-10-16(25)20-14(2)24-21(29-20)22(3,4)5/h8-12H,7,13H2,1-6H3,(H,23,26)/b10-8+. The molecule has 1 N–H and O–H groups in total. The van der Waals surface area contributed by atoms with Gasteiger partial charge in [0.25, 0.3) is 5.91 Å². The highest BCUT2D eigenvalue weighted by Gasteiger charge is 2.22. The molecule has 0 spiro atoms. The SMILES string of the molecule is CCNC(=O)COc1ccc(/C=C/C(=O)c2sc(C(C)(C)C)nc2C)cc1OC. The minimum absolute atomic E-state index is 0.0777. The largest absolute Gasteiger partial charge is 0.493 e. The van der Waals surface area contributed by atoms with Crippen LogP contribution in [0.5, 0.6) is 11.5 Å². The Labute approximate surface area is 176 Å². The fourth-order valence-corrected chi connectivity index (χ4v) is 3.54. The smallest absolute Gasteiger partial charge is 0.257 e. The van der Waals surface area contributed by atoms with Crippen molar-refractivity contribution in [3.63, 3.8) is 0 Å². The number of hydrogen-bond acceptors (Lipinski definition) is 6. The Morgan fingerprint density at radius 1 is 1.24 bits per heavy atom. The van der Waals surface area contributed by atoms with Gasteiger partial charge >= 0.3 is 0 Å². The van der Waals surface area contributed by atoms with E-state index in [0.717, 1.165) is 16.3 Å². The molecule has 1 heterocycles. The normalized spacial score (nSPS) is 11.5. The van der Waals surface area contributed by atoms with Crippen LogP contribution >= 0.6 is 11.3 Å². The Kier molecular flexibility index (Phi) is 7.56. The molecule has 2 rings (SSSR count). The van der Waals surface area contributed by atoms with Crippen molar-refractivity contribution in [2.75, 3.05) is 20.3 Å². The minimum Gasteiger partial charge on any atom is -0.493 e. The van der Waals surface area contributed by atoms with Crippen molar-refractivity contribution in [2.45, 2.75) is 40.0 Å². The van der Waals surface area contributed by atoms with Gasteiger partial charge in [0.05, 0.1) is 22.7 Å². The van der Waals surface area contributed by atoms with Gasteiger partial charge in [-0.05, 0) is 37.6 Å². The fraction of sp³-hybridized carbons (Fsp3) is 0.409. The highest BCUT2D eigenvalue weighted by Crippen LogP contribution is 2.31. The topological polar surface area (TPSA) is 77.5 Å². The number of benzene rings is 1. The maximum absolute atomic E-state index is 12.6. The van der Waals surface area contributed by atoms with E-state index in [1.807, 2.05) is 13.8 Å². The molecule has 0 aliphatic rings. The summed E-state index contributed by atoms with van der Waals surface area (Å²) >= 11 is 1.44. The van der Waals surface area contributed by atoms with Crippen molar-refractivity contribution in [1.29, 1.82) is 0 Å². The van der Waals surface area contributed by atoms with Crippen LogP contribution in [0.25, 0.3) is 6.08 Å². The Morgan fingerprint density at radius 2 is 1.97 bits per heavy atom. The first-order valence-corrected chi connectivity index (χ1v) is 10.2. The summed E-state index contributed by atoms with van der Waals surface area (Å²) in [4.78, 5) is 29.4. The van der Waals surface area contributed by atoms with Crippen molar-refractivity contribution in [1.82, 2.24) is 10.3 Å². The number of carbonyl (C=O) groups excluding carboxylic acids is 2. The van der Waals surface area contributed by atoms with Crippen LogP contribution in [0.4, 0.5) is 0 Å². The maximum Gasteiger partial charge on any atom is 0.257 e. The molecule has 0 fully saturated rings. The van der Waals surface area contributed by atoms with Gasteiger partial charge in [-0.2, -0.15) is 0 Å². The molecule has 0 aliphatic heterocycles. The minimum atomic E-state index is -0.196. The van der Waals surface area contributed by atoms with E-state index in [0.29, 0.717) is 22.9 Å². The molecule has 1 amide bonds. The van der Waals surface area contributed by atoms with Gasteiger partial charge in [0, 0.05) is 12.0 Å². The zero-order chi connectivity index (χ0) is 21.6. The molecule has 0 saturated heterocycles. The van der Waals surface area contributed by atoms with Crippen LogP contribution in [-0.4, -0.2) is 36.9 Å². The molecule has 6 nitrogen and oxygen atoms in total. The average Bonchev–Trinajstić information content (AvgIpc) is 3.07. The molecule has 0 radical (unpaired) electrons. The molecule has 0 saturated carbocycles. The van der Waals surface area contributed by atoms with Crippen LogP contribution in [-0.2, 0) is 10.2 Å². The number of ether oxygens (including phenoxy) is 2.